The lowest BCUT2D eigenvalue weighted by Crippen LogP contribution is -2.61. The number of ether oxygens (including phenoxy) is 2. The van der Waals surface area contributed by atoms with Crippen LogP contribution in [0.15, 0.2) is 4.99 Å². The van der Waals surface area contributed by atoms with E-state index < -0.39 is 68.3 Å². The van der Waals surface area contributed by atoms with Gasteiger partial charge in [0.15, 0.2) is 6.29 Å². The first-order valence-corrected chi connectivity index (χ1v) is 8.09. The Morgan fingerprint density at radius 1 is 1.08 bits per heavy atom. The quantitative estimate of drug-likeness (QED) is 0.162. The van der Waals surface area contributed by atoms with E-state index in [0.717, 1.165) is 6.21 Å². The molecule has 0 radical (unpaired) electrons. The number of hydrogen-bond acceptors (Lipinski definition) is 12. The fraction of sp³-hybridized carbons (Fsp3) is 0.929. The minimum atomic E-state index is -1.79. The molecule has 0 aromatic carbocycles. The summed E-state index contributed by atoms with van der Waals surface area (Å²) in [7, 11) is 0. The Balaban J connectivity index is 2.89. The van der Waals surface area contributed by atoms with Crippen LogP contribution in [0.5, 0.6) is 0 Å². The van der Waals surface area contributed by atoms with E-state index in [-0.39, 0.29) is 13.1 Å². The van der Waals surface area contributed by atoms with Gasteiger partial charge in [0.25, 0.3) is 0 Å². The minimum absolute atomic E-state index is 0.185. The van der Waals surface area contributed by atoms with Crippen molar-refractivity contribution in [1.29, 1.82) is 0 Å². The van der Waals surface area contributed by atoms with Crippen LogP contribution in [-0.2, 0) is 9.47 Å². The fourth-order valence-corrected chi connectivity index (χ4v) is 2.38. The van der Waals surface area contributed by atoms with Crippen molar-refractivity contribution >= 4 is 6.21 Å². The molecule has 0 aromatic rings. The van der Waals surface area contributed by atoms with Crippen LogP contribution in [0, 0.1) is 0 Å². The summed E-state index contributed by atoms with van der Waals surface area (Å²) < 4.78 is 10.4. The van der Waals surface area contributed by atoms with Gasteiger partial charge in [-0.2, -0.15) is 0 Å². The average molecular weight is 384 g/mol. The largest absolute Gasteiger partial charge is 0.394 e. The summed E-state index contributed by atoms with van der Waals surface area (Å²) in [5.74, 6) is 0. The van der Waals surface area contributed by atoms with E-state index in [1.165, 1.54) is 0 Å². The minimum Gasteiger partial charge on any atom is -0.394 e. The second-order valence-corrected chi connectivity index (χ2v) is 5.87. The first kappa shape index (κ1) is 23.3. The summed E-state index contributed by atoms with van der Waals surface area (Å²) in [5, 5.41) is 77.6. The zero-order valence-electron chi connectivity index (χ0n) is 14.0. The highest BCUT2D eigenvalue weighted by molar-refractivity contribution is 5.63. The molecule has 12 nitrogen and oxygen atoms in total. The number of aliphatic hydroxyl groups is 8. The molecule has 0 bridgehead atoms. The lowest BCUT2D eigenvalue weighted by molar-refractivity contribution is -0.326. The molecule has 0 saturated carbocycles. The van der Waals surface area contributed by atoms with Gasteiger partial charge < -0.3 is 56.1 Å². The van der Waals surface area contributed by atoms with Gasteiger partial charge in [0.2, 0.25) is 0 Å². The molecule has 1 aliphatic rings. The van der Waals surface area contributed by atoms with Gasteiger partial charge in [0.05, 0.1) is 19.8 Å². The third kappa shape index (κ3) is 5.87. The Morgan fingerprint density at radius 2 is 1.73 bits per heavy atom. The Hall–Kier alpha value is -0.770. The molecule has 9 unspecified atom stereocenters. The van der Waals surface area contributed by atoms with E-state index >= 15 is 0 Å². The van der Waals surface area contributed by atoms with E-state index in [1.807, 2.05) is 0 Å². The van der Waals surface area contributed by atoms with Crippen molar-refractivity contribution < 1.29 is 50.3 Å². The number of hydrogen-bond donors (Lipinski definition) is 9. The standard InChI is InChI=1S/C14H28N2O10/c15-1-2-16-3-6(19)9(21)13(7(20)4-17)26-14-12(24)11(23)10(22)8(5-18)25-14/h3,6-14,17-24H,1-2,4-5,15H2. The molecule has 0 aliphatic carbocycles. The molecule has 1 aliphatic heterocycles. The summed E-state index contributed by atoms with van der Waals surface area (Å²) in [6.07, 6.45) is -13.8. The van der Waals surface area contributed by atoms with Gasteiger partial charge in [-0.15, -0.1) is 0 Å². The van der Waals surface area contributed by atoms with E-state index in [1.54, 1.807) is 0 Å². The smallest absolute Gasteiger partial charge is 0.187 e. The Bertz CT molecular complexity index is 427. The Labute approximate surface area is 149 Å². The zero-order chi connectivity index (χ0) is 19.9. The van der Waals surface area contributed by atoms with E-state index in [0.29, 0.717) is 0 Å². The summed E-state index contributed by atoms with van der Waals surface area (Å²) in [6, 6.07) is 0. The summed E-state index contributed by atoms with van der Waals surface area (Å²) >= 11 is 0. The van der Waals surface area contributed by atoms with Gasteiger partial charge in [-0.3, -0.25) is 4.99 Å². The average Bonchev–Trinajstić information content (AvgIpc) is 2.64. The van der Waals surface area contributed by atoms with Crippen molar-refractivity contribution in [2.75, 3.05) is 26.3 Å². The Kier molecular flexibility index (Phi) is 9.99. The van der Waals surface area contributed by atoms with Gasteiger partial charge >= 0.3 is 0 Å². The summed E-state index contributed by atoms with van der Waals surface area (Å²) in [5.41, 5.74) is 5.25. The van der Waals surface area contributed by atoms with Crippen LogP contribution < -0.4 is 5.73 Å². The molecular weight excluding hydrogens is 356 g/mol. The van der Waals surface area contributed by atoms with Gasteiger partial charge in [-0.25, -0.2) is 0 Å². The SMILES string of the molecule is NCCN=CC(O)C(O)C(OC1OC(CO)C(O)C(O)C1O)C(O)CO. The van der Waals surface area contributed by atoms with Gasteiger partial charge in [0.1, 0.15) is 48.8 Å². The molecule has 1 saturated heterocycles. The van der Waals surface area contributed by atoms with Gasteiger partial charge in [-0.1, -0.05) is 0 Å². The van der Waals surface area contributed by atoms with Gasteiger partial charge in [-0.05, 0) is 0 Å². The highest BCUT2D eigenvalue weighted by atomic mass is 16.7. The normalized spacial score (nSPS) is 34.6. The first-order chi connectivity index (χ1) is 12.3. The molecule has 12 heteroatoms. The van der Waals surface area contributed by atoms with E-state index in [9.17, 15) is 30.6 Å². The van der Waals surface area contributed by atoms with Crippen molar-refractivity contribution in [3.05, 3.63) is 0 Å². The van der Waals surface area contributed by atoms with Gasteiger partial charge in [0, 0.05) is 12.8 Å². The van der Waals surface area contributed by atoms with Crippen molar-refractivity contribution in [2.45, 2.75) is 55.1 Å². The molecule has 26 heavy (non-hydrogen) atoms. The third-order valence-corrected chi connectivity index (χ3v) is 3.91. The van der Waals surface area contributed by atoms with Crippen LogP contribution in [0.1, 0.15) is 0 Å². The predicted molar refractivity (Wildman–Crippen MR) is 86.2 cm³/mol. The maximum absolute atomic E-state index is 10.2. The zero-order valence-corrected chi connectivity index (χ0v) is 14.0. The van der Waals surface area contributed by atoms with Crippen LogP contribution in [0.25, 0.3) is 0 Å². The molecule has 0 spiro atoms. The van der Waals surface area contributed by atoms with Crippen molar-refractivity contribution in [3.8, 4) is 0 Å². The van der Waals surface area contributed by atoms with E-state index in [2.05, 4.69) is 4.99 Å². The molecule has 1 heterocycles. The lowest BCUT2D eigenvalue weighted by Gasteiger charge is -2.42. The van der Waals surface area contributed by atoms with Crippen molar-refractivity contribution in [2.24, 2.45) is 10.7 Å². The maximum Gasteiger partial charge on any atom is 0.187 e. The van der Waals surface area contributed by atoms with Crippen LogP contribution in [0.2, 0.25) is 0 Å². The number of aliphatic imine (C=N–C) groups is 1. The van der Waals surface area contributed by atoms with Crippen LogP contribution >= 0.6 is 0 Å². The highest BCUT2D eigenvalue weighted by Gasteiger charge is 2.46. The molecule has 9 atom stereocenters. The second kappa shape index (κ2) is 11.2. The number of rotatable bonds is 10. The molecule has 0 aromatic heterocycles. The molecule has 1 rings (SSSR count). The predicted octanol–water partition coefficient (Wildman–Crippen LogP) is -5.72. The number of nitrogens with two attached hydrogens (primary N) is 1. The van der Waals surface area contributed by atoms with Crippen molar-refractivity contribution in [1.82, 2.24) is 0 Å². The van der Waals surface area contributed by atoms with Crippen LogP contribution in [0.4, 0.5) is 0 Å². The van der Waals surface area contributed by atoms with Crippen LogP contribution in [0.3, 0.4) is 0 Å². The molecule has 10 N–H and O–H groups in total. The monoisotopic (exact) mass is 384 g/mol. The second-order valence-electron chi connectivity index (χ2n) is 5.87. The number of nitrogens with zero attached hydrogens (tertiary/aromatic N) is 1. The topological polar surface area (TPSA) is 219 Å². The first-order valence-electron chi connectivity index (χ1n) is 8.09. The maximum atomic E-state index is 10.2. The molecule has 154 valence electrons. The highest BCUT2D eigenvalue weighted by Crippen LogP contribution is 2.24. The lowest BCUT2D eigenvalue weighted by atomic mass is 9.98. The molecule has 1 fully saturated rings. The fourth-order valence-electron chi connectivity index (χ4n) is 2.38. The van der Waals surface area contributed by atoms with Crippen molar-refractivity contribution in [3.63, 3.8) is 0 Å². The molecular formula is C14H28N2O10. The van der Waals surface area contributed by atoms with Crippen LogP contribution in [-0.4, -0.2) is 128 Å². The summed E-state index contributed by atoms with van der Waals surface area (Å²) in [4.78, 5) is 3.74. The molecule has 0 amide bonds. The Morgan fingerprint density at radius 3 is 2.27 bits per heavy atom. The number of aliphatic hydroxyl groups excluding tert-OH is 8. The third-order valence-electron chi connectivity index (χ3n) is 3.91. The summed E-state index contributed by atoms with van der Waals surface area (Å²) in [6.45, 7) is -1.16. The van der Waals surface area contributed by atoms with E-state index in [4.69, 9.17) is 25.4 Å².